The maximum absolute atomic E-state index is 5.28. The van der Waals surface area contributed by atoms with Crippen LogP contribution < -0.4 is 10.4 Å². The Hall–Kier alpha value is -5.22. The van der Waals surface area contributed by atoms with Crippen LogP contribution in [0.4, 0.5) is 0 Å². The van der Waals surface area contributed by atoms with E-state index in [1.54, 1.807) is 0 Å². The molecule has 2 N–H and O–H groups in total. The average Bonchev–Trinajstić information content (AvgIpc) is 3.75. The molecule has 3 aliphatic rings. The maximum Gasteiger partial charge on any atom is 0.0658 e. The summed E-state index contributed by atoms with van der Waals surface area (Å²) < 4.78 is 0. The molecular weight excluding hydrogens is 488 g/mol. The molecule has 2 unspecified atom stereocenters. The van der Waals surface area contributed by atoms with E-state index in [-0.39, 0.29) is 11.8 Å². The van der Waals surface area contributed by atoms with E-state index in [1.807, 2.05) is 0 Å². The van der Waals surface area contributed by atoms with Gasteiger partial charge in [-0.1, -0.05) is 60.7 Å². The van der Waals surface area contributed by atoms with E-state index in [0.29, 0.717) is 0 Å². The third-order valence-corrected chi connectivity index (χ3v) is 8.38. The highest BCUT2D eigenvalue weighted by Crippen LogP contribution is 2.40. The minimum atomic E-state index is 0.169. The van der Waals surface area contributed by atoms with E-state index in [0.717, 1.165) is 44.8 Å². The number of H-pyrrole nitrogens is 2. The van der Waals surface area contributed by atoms with Crippen molar-refractivity contribution < 1.29 is 0 Å². The number of hydrogen-bond acceptors (Lipinski definition) is 2. The van der Waals surface area contributed by atoms with Crippen LogP contribution in [0.15, 0.2) is 97.1 Å². The van der Waals surface area contributed by atoms with Crippen molar-refractivity contribution >= 4 is 67.9 Å². The van der Waals surface area contributed by atoms with Crippen molar-refractivity contribution in [1.29, 1.82) is 0 Å². The summed E-state index contributed by atoms with van der Waals surface area (Å²) in [6, 6.07) is 34.7. The zero-order valence-corrected chi connectivity index (χ0v) is 21.6. The maximum atomic E-state index is 5.28. The van der Waals surface area contributed by atoms with Crippen LogP contribution in [-0.2, 0) is 0 Å². The first kappa shape index (κ1) is 21.7. The van der Waals surface area contributed by atoms with Gasteiger partial charge in [-0.3, -0.25) is 4.98 Å². The number of nitrogens with zero attached hydrogens (tertiary/aromatic N) is 2. The summed E-state index contributed by atoms with van der Waals surface area (Å²) in [7, 11) is 0. The molecule has 0 saturated carbocycles. The van der Waals surface area contributed by atoms with Gasteiger partial charge in [0.2, 0.25) is 0 Å². The number of benzene rings is 3. The summed E-state index contributed by atoms with van der Waals surface area (Å²) in [5.41, 5.74) is 8.21. The van der Waals surface area contributed by atoms with Crippen LogP contribution in [0.25, 0.3) is 67.9 Å². The van der Waals surface area contributed by atoms with Gasteiger partial charge in [-0.25, -0.2) is 4.98 Å². The molecule has 4 nitrogen and oxygen atoms in total. The quantitative estimate of drug-likeness (QED) is 0.231. The number of nitrogens with one attached hydrogen (secondary N) is 2. The predicted octanol–water partition coefficient (Wildman–Crippen LogP) is 6.93. The van der Waals surface area contributed by atoms with Crippen molar-refractivity contribution in [3.63, 3.8) is 0 Å². The molecule has 2 aliphatic heterocycles. The molecule has 8 bridgehead atoms. The van der Waals surface area contributed by atoms with Crippen LogP contribution in [-0.4, -0.2) is 19.9 Å². The fourth-order valence-corrected chi connectivity index (χ4v) is 6.46. The first-order chi connectivity index (χ1) is 19.7. The summed E-state index contributed by atoms with van der Waals surface area (Å²) in [6.07, 6.45) is 8.92. The zero-order chi connectivity index (χ0) is 26.2. The monoisotopic (exact) mass is 512 g/mol. The van der Waals surface area contributed by atoms with Gasteiger partial charge in [-0.05, 0) is 81.9 Å². The van der Waals surface area contributed by atoms with Gasteiger partial charge in [0.05, 0.1) is 22.8 Å². The van der Waals surface area contributed by atoms with Crippen LogP contribution in [0, 0.1) is 0 Å². The SMILES string of the molecule is C1=Cc2cc3[nH]c(cc4nc(cc5ccc(cc1n2)[nH]5)C1C=c2ccccc2=CC41)c1cc2ccccc2cc31. The molecule has 0 fully saturated rings. The Bertz CT molecular complexity index is 2350. The summed E-state index contributed by atoms with van der Waals surface area (Å²) in [5.74, 6) is 0.350. The van der Waals surface area contributed by atoms with E-state index in [9.17, 15) is 0 Å². The summed E-state index contributed by atoms with van der Waals surface area (Å²) >= 11 is 0. The molecule has 3 aromatic heterocycles. The molecule has 6 aromatic rings. The van der Waals surface area contributed by atoms with Crippen molar-refractivity contribution in [3.05, 3.63) is 130 Å². The van der Waals surface area contributed by atoms with Crippen molar-refractivity contribution in [2.45, 2.75) is 11.8 Å². The molecule has 1 aliphatic carbocycles. The summed E-state index contributed by atoms with van der Waals surface area (Å²) in [6.45, 7) is 0. The highest BCUT2D eigenvalue weighted by atomic mass is 14.8. The number of aromatic amines is 2. The number of aromatic nitrogens is 4. The van der Waals surface area contributed by atoms with E-state index in [1.165, 1.54) is 32.0 Å². The van der Waals surface area contributed by atoms with Gasteiger partial charge < -0.3 is 9.97 Å². The lowest BCUT2D eigenvalue weighted by atomic mass is 9.84. The van der Waals surface area contributed by atoms with Crippen LogP contribution in [0.1, 0.15) is 34.6 Å². The normalized spacial score (nSPS) is 17.3. The molecule has 9 rings (SSSR count). The largest absolute Gasteiger partial charge is 0.355 e. The molecule has 2 atom stereocenters. The molecule has 0 radical (unpaired) electrons. The molecule has 3 aromatic carbocycles. The minimum absolute atomic E-state index is 0.169. The van der Waals surface area contributed by atoms with Gasteiger partial charge in [0, 0.05) is 44.7 Å². The topological polar surface area (TPSA) is 57.4 Å². The molecule has 0 amide bonds. The van der Waals surface area contributed by atoms with Gasteiger partial charge in [0.1, 0.15) is 0 Å². The molecule has 188 valence electrons. The Morgan fingerprint density at radius 1 is 0.500 bits per heavy atom. The van der Waals surface area contributed by atoms with E-state index >= 15 is 0 Å². The molecule has 0 spiro atoms. The van der Waals surface area contributed by atoms with E-state index in [2.05, 4.69) is 131 Å². The lowest BCUT2D eigenvalue weighted by molar-refractivity contribution is 0.835. The Morgan fingerprint density at radius 3 is 1.77 bits per heavy atom. The number of hydrogen-bond donors (Lipinski definition) is 2. The van der Waals surface area contributed by atoms with Gasteiger partial charge in [0.25, 0.3) is 0 Å². The standard InChI is InChI=1S/C36H24N4/c1-3-7-23-15-31-29(13-21(23)5-1)33-18-27-11-9-25(37-27)17-26-10-12-28(38-26)19-34-30-14-22-6-2-4-8-24(22)16-32(30)36(40-34)20-35(31)39-33/h1-20,29,31,37,40H. The highest BCUT2D eigenvalue weighted by molar-refractivity contribution is 6.13. The van der Waals surface area contributed by atoms with E-state index < -0.39 is 0 Å². The molecule has 0 saturated heterocycles. The number of fused-ring (bicyclic) bond motifs is 16. The van der Waals surface area contributed by atoms with Crippen LogP contribution in [0.3, 0.4) is 0 Å². The second-order valence-corrected chi connectivity index (χ2v) is 10.9. The first-order valence-electron chi connectivity index (χ1n) is 13.7. The molecular formula is C36H24N4. The van der Waals surface area contributed by atoms with Crippen molar-refractivity contribution in [1.82, 2.24) is 19.9 Å². The molecule has 40 heavy (non-hydrogen) atoms. The van der Waals surface area contributed by atoms with Crippen LogP contribution in [0.5, 0.6) is 0 Å². The van der Waals surface area contributed by atoms with Crippen LogP contribution >= 0.6 is 0 Å². The molecule has 5 heterocycles. The minimum Gasteiger partial charge on any atom is -0.355 e. The molecule has 4 heteroatoms. The number of rotatable bonds is 0. The fraction of sp³-hybridized carbons (Fsp3) is 0.0556. The second-order valence-electron chi connectivity index (χ2n) is 10.9. The van der Waals surface area contributed by atoms with Gasteiger partial charge in [-0.2, -0.15) is 0 Å². The Kier molecular flexibility index (Phi) is 4.41. The highest BCUT2D eigenvalue weighted by Gasteiger charge is 2.30. The Balaban J connectivity index is 1.43. The second kappa shape index (κ2) is 8.14. The van der Waals surface area contributed by atoms with Crippen molar-refractivity contribution in [3.8, 4) is 0 Å². The predicted molar refractivity (Wildman–Crippen MR) is 165 cm³/mol. The first-order valence-corrected chi connectivity index (χ1v) is 13.7. The van der Waals surface area contributed by atoms with Gasteiger partial charge in [0.15, 0.2) is 0 Å². The smallest absolute Gasteiger partial charge is 0.0658 e. The summed E-state index contributed by atoms with van der Waals surface area (Å²) in [4.78, 5) is 17.5. The van der Waals surface area contributed by atoms with Crippen LogP contribution in [0.2, 0.25) is 0 Å². The summed E-state index contributed by atoms with van der Waals surface area (Å²) in [5, 5.41) is 7.37. The third-order valence-electron chi connectivity index (χ3n) is 8.38. The lowest BCUT2D eigenvalue weighted by Crippen LogP contribution is -2.29. The lowest BCUT2D eigenvalue weighted by Gasteiger charge is -2.16. The van der Waals surface area contributed by atoms with Gasteiger partial charge in [-0.15, -0.1) is 0 Å². The van der Waals surface area contributed by atoms with Gasteiger partial charge >= 0.3 is 0 Å². The van der Waals surface area contributed by atoms with E-state index in [4.69, 9.17) is 9.97 Å². The fourth-order valence-electron chi connectivity index (χ4n) is 6.46. The van der Waals surface area contributed by atoms with Crippen molar-refractivity contribution in [2.24, 2.45) is 0 Å². The average molecular weight is 513 g/mol. The Labute approximate surface area is 229 Å². The van der Waals surface area contributed by atoms with Crippen molar-refractivity contribution in [2.75, 3.05) is 0 Å². The third kappa shape index (κ3) is 3.39. The Morgan fingerprint density at radius 2 is 1.07 bits per heavy atom. The zero-order valence-electron chi connectivity index (χ0n) is 21.6.